The van der Waals surface area contributed by atoms with Gasteiger partial charge in [0.1, 0.15) is 5.65 Å². The number of hydrogen-bond donors (Lipinski definition) is 0. The van der Waals surface area contributed by atoms with Gasteiger partial charge in [-0.05, 0) is 111 Å². The predicted molar refractivity (Wildman–Crippen MR) is 287 cm³/mol. The van der Waals surface area contributed by atoms with Crippen molar-refractivity contribution in [3.8, 4) is 16.8 Å². The minimum absolute atomic E-state index is 0.0516. The Hall–Kier alpha value is -7.43. The van der Waals surface area contributed by atoms with Crippen LogP contribution in [0.5, 0.6) is 0 Å². The van der Waals surface area contributed by atoms with E-state index < -0.39 is 0 Å². The second-order valence-electron chi connectivity index (χ2n) is 22.5. The smallest absolute Gasteiger partial charge is 0.146 e. The van der Waals surface area contributed by atoms with Gasteiger partial charge in [0.15, 0.2) is 0 Å². The average molecular weight is 865 g/mol. The summed E-state index contributed by atoms with van der Waals surface area (Å²) in [6.07, 6.45) is 2.19. The van der Waals surface area contributed by atoms with Gasteiger partial charge in [0.2, 0.25) is 0 Å². The van der Waals surface area contributed by atoms with Crippen LogP contribution in [0.15, 0.2) is 152 Å². The largest absolute Gasteiger partial charge is 0.309 e. The average Bonchev–Trinajstić information content (AvgIpc) is 4.10. The van der Waals surface area contributed by atoms with E-state index in [0.29, 0.717) is 0 Å². The number of nitrogens with zero attached hydrogens (tertiary/aromatic N) is 4. The molecule has 67 heavy (non-hydrogen) atoms. The summed E-state index contributed by atoms with van der Waals surface area (Å²) in [4.78, 5) is 5.67. The van der Waals surface area contributed by atoms with Crippen molar-refractivity contribution in [2.45, 2.75) is 78.6 Å². The van der Waals surface area contributed by atoms with E-state index >= 15 is 0 Å². The number of benzene rings is 8. The zero-order chi connectivity index (χ0) is 45.6. The first-order chi connectivity index (χ1) is 32.1. The van der Waals surface area contributed by atoms with Gasteiger partial charge in [-0.15, -0.1) is 0 Å². The number of para-hydroxylation sites is 2. The Morgan fingerprint density at radius 2 is 0.925 bits per heavy atom. The van der Waals surface area contributed by atoms with Gasteiger partial charge in [0, 0.05) is 70.5 Å². The summed E-state index contributed by atoms with van der Waals surface area (Å²) in [7, 11) is 0. The standard InChI is InChI=1S/C63H52N4/c1-61(2,3)37-28-44(36-24-26-52-45(27-36)42-21-15-16-22-51(42)65(52)40-18-11-10-12-19-40)57-47(30-37)48-31-39(63(7,8)9)33-50-55-54-49-32-38(62(4,5)6)29-46-43-25-23-35-17-13-14-20-41(35)56(43)66(58(46)49)53(54)34-64-60(55)67(57)59(48)50/h10-34H,1-9H3. The Bertz CT molecular complexity index is 4420. The van der Waals surface area contributed by atoms with Crippen molar-refractivity contribution in [2.24, 2.45) is 0 Å². The van der Waals surface area contributed by atoms with Crippen molar-refractivity contribution < 1.29 is 0 Å². The van der Waals surface area contributed by atoms with E-state index in [4.69, 9.17) is 4.98 Å². The maximum Gasteiger partial charge on any atom is 0.146 e. The molecule has 324 valence electrons. The highest BCUT2D eigenvalue weighted by Gasteiger charge is 2.31. The molecule has 0 fully saturated rings. The van der Waals surface area contributed by atoms with Gasteiger partial charge in [0.25, 0.3) is 0 Å². The van der Waals surface area contributed by atoms with Gasteiger partial charge in [-0.3, -0.25) is 4.40 Å². The Morgan fingerprint density at radius 3 is 1.64 bits per heavy atom. The summed E-state index contributed by atoms with van der Waals surface area (Å²) in [5.41, 5.74) is 17.0. The highest BCUT2D eigenvalue weighted by atomic mass is 15.0. The molecule has 0 aliphatic carbocycles. The molecule has 14 rings (SSSR count). The normalized spacial score (nSPS) is 13.4. The van der Waals surface area contributed by atoms with Crippen molar-refractivity contribution in [1.82, 2.24) is 18.4 Å². The molecular weight excluding hydrogens is 813 g/mol. The molecule has 14 aromatic rings. The van der Waals surface area contributed by atoms with Gasteiger partial charge in [-0.2, -0.15) is 0 Å². The van der Waals surface area contributed by atoms with Crippen LogP contribution in [0.4, 0.5) is 0 Å². The zero-order valence-corrected chi connectivity index (χ0v) is 39.7. The Labute approximate surface area is 389 Å². The van der Waals surface area contributed by atoms with Crippen LogP contribution in [0, 0.1) is 0 Å². The lowest BCUT2D eigenvalue weighted by Crippen LogP contribution is -2.11. The van der Waals surface area contributed by atoms with Crippen LogP contribution >= 0.6 is 0 Å². The van der Waals surface area contributed by atoms with Crippen molar-refractivity contribution in [1.29, 1.82) is 0 Å². The number of aromatic nitrogens is 4. The van der Waals surface area contributed by atoms with Crippen LogP contribution in [-0.2, 0) is 16.2 Å². The second-order valence-corrected chi connectivity index (χ2v) is 22.5. The van der Waals surface area contributed by atoms with E-state index in [-0.39, 0.29) is 16.2 Å². The summed E-state index contributed by atoms with van der Waals surface area (Å²) < 4.78 is 7.51. The molecule has 0 spiro atoms. The molecule has 0 saturated heterocycles. The molecule has 4 nitrogen and oxygen atoms in total. The van der Waals surface area contributed by atoms with E-state index in [2.05, 4.69) is 227 Å². The fourth-order valence-corrected chi connectivity index (χ4v) is 11.9. The van der Waals surface area contributed by atoms with Crippen LogP contribution in [0.2, 0.25) is 0 Å². The van der Waals surface area contributed by atoms with Gasteiger partial charge in [0.05, 0.1) is 44.8 Å². The summed E-state index contributed by atoms with van der Waals surface area (Å²) in [5.74, 6) is 0. The molecule has 0 aliphatic heterocycles. The van der Waals surface area contributed by atoms with Crippen LogP contribution in [0.3, 0.4) is 0 Å². The minimum atomic E-state index is -0.0878. The lowest BCUT2D eigenvalue weighted by molar-refractivity contribution is 0.591. The summed E-state index contributed by atoms with van der Waals surface area (Å²) >= 11 is 0. The lowest BCUT2D eigenvalue weighted by Gasteiger charge is -2.22. The molecule has 6 aromatic heterocycles. The summed E-state index contributed by atoms with van der Waals surface area (Å²) in [5, 5.41) is 15.3. The highest BCUT2D eigenvalue weighted by Crippen LogP contribution is 2.51. The Kier molecular flexibility index (Phi) is 7.36. The highest BCUT2D eigenvalue weighted by molar-refractivity contribution is 6.36. The number of rotatable bonds is 2. The van der Waals surface area contributed by atoms with Crippen LogP contribution < -0.4 is 0 Å². The number of hydrogen-bond acceptors (Lipinski definition) is 1. The van der Waals surface area contributed by atoms with E-state index in [1.165, 1.54) is 131 Å². The third kappa shape index (κ3) is 5.11. The first kappa shape index (κ1) is 38.8. The van der Waals surface area contributed by atoms with E-state index in [0.717, 1.165) is 11.2 Å². The zero-order valence-electron chi connectivity index (χ0n) is 39.7. The Balaban J connectivity index is 1.18. The second kappa shape index (κ2) is 12.7. The topological polar surface area (TPSA) is 26.6 Å². The maximum atomic E-state index is 5.67. The summed E-state index contributed by atoms with van der Waals surface area (Å²) in [6, 6.07) is 55.2. The van der Waals surface area contributed by atoms with Gasteiger partial charge >= 0.3 is 0 Å². The predicted octanol–water partition coefficient (Wildman–Crippen LogP) is 17.2. The van der Waals surface area contributed by atoms with Crippen LogP contribution in [0.1, 0.15) is 79.0 Å². The van der Waals surface area contributed by atoms with Crippen LogP contribution in [-0.4, -0.2) is 18.4 Å². The minimum Gasteiger partial charge on any atom is -0.309 e. The molecule has 0 saturated carbocycles. The number of fused-ring (bicyclic) bond motifs is 18. The Morgan fingerprint density at radius 1 is 0.373 bits per heavy atom. The third-order valence-electron chi connectivity index (χ3n) is 15.3. The molecule has 0 atom stereocenters. The van der Waals surface area contributed by atoms with Crippen molar-refractivity contribution >= 4 is 109 Å². The molecule has 6 heterocycles. The monoisotopic (exact) mass is 864 g/mol. The van der Waals surface area contributed by atoms with Crippen molar-refractivity contribution in [3.05, 3.63) is 168 Å². The maximum absolute atomic E-state index is 5.67. The molecule has 0 aliphatic rings. The summed E-state index contributed by atoms with van der Waals surface area (Å²) in [6.45, 7) is 21.2. The fourth-order valence-electron chi connectivity index (χ4n) is 11.9. The molecule has 0 bridgehead atoms. The number of pyridine rings is 1. The van der Waals surface area contributed by atoms with E-state index in [9.17, 15) is 0 Å². The molecular formula is C63H52N4. The van der Waals surface area contributed by atoms with Gasteiger partial charge in [-0.1, -0.05) is 141 Å². The van der Waals surface area contributed by atoms with Crippen LogP contribution in [0.25, 0.3) is 126 Å². The molecule has 0 amide bonds. The molecule has 0 N–H and O–H groups in total. The van der Waals surface area contributed by atoms with Gasteiger partial charge in [-0.25, -0.2) is 4.98 Å². The molecule has 8 aromatic carbocycles. The quantitative estimate of drug-likeness (QED) is 0.170. The van der Waals surface area contributed by atoms with Crippen molar-refractivity contribution in [2.75, 3.05) is 0 Å². The molecule has 0 unspecified atom stereocenters. The van der Waals surface area contributed by atoms with E-state index in [1.807, 2.05) is 0 Å². The first-order valence-corrected chi connectivity index (χ1v) is 24.0. The van der Waals surface area contributed by atoms with Crippen molar-refractivity contribution in [3.63, 3.8) is 0 Å². The third-order valence-corrected chi connectivity index (χ3v) is 15.3. The lowest BCUT2D eigenvalue weighted by atomic mass is 9.83. The van der Waals surface area contributed by atoms with E-state index in [1.54, 1.807) is 0 Å². The molecule has 4 heteroatoms. The first-order valence-electron chi connectivity index (χ1n) is 24.0. The SMILES string of the molecule is CC(C)(C)c1cc(-c2ccc3c(c2)c2ccccc2n3-c2ccccc2)c2c(c1)c1cc(C(C)(C)C)cc3c4c5c6cc(C(C)(C)C)cc7c8ccc9ccccc9c8n(c5cnc4n2c13)c76. The van der Waals surface area contributed by atoms with Gasteiger partial charge < -0.3 is 8.97 Å². The fraction of sp³-hybridized carbons (Fsp3) is 0.190. The molecule has 0 radical (unpaired) electrons.